The van der Waals surface area contributed by atoms with E-state index in [1.165, 1.54) is 12.1 Å². The highest BCUT2D eigenvalue weighted by atomic mass is 19.1. The molecule has 2 fully saturated rings. The molecule has 0 amide bonds. The Kier molecular flexibility index (Phi) is 5.88. The fourth-order valence-corrected chi connectivity index (χ4v) is 3.07. The van der Waals surface area contributed by atoms with Gasteiger partial charge in [-0.3, -0.25) is 9.59 Å². The van der Waals surface area contributed by atoms with Crippen molar-refractivity contribution < 1.29 is 28.2 Å². The number of esters is 2. The fraction of sp³-hybridized carbons (Fsp3) is 0.579. The minimum absolute atomic E-state index is 0.0365. The zero-order valence-electron chi connectivity index (χ0n) is 14.7. The predicted molar refractivity (Wildman–Crippen MR) is 90.5 cm³/mol. The van der Waals surface area contributed by atoms with E-state index in [0.717, 1.165) is 18.4 Å². The molecule has 2 aliphatic rings. The molecule has 0 radical (unpaired) electrons. The Hall–Kier alpha value is -1.99. The van der Waals surface area contributed by atoms with Gasteiger partial charge < -0.3 is 19.9 Å². The minimum Gasteiger partial charge on any atom is -0.458 e. The molecule has 1 heterocycles. The average Bonchev–Trinajstić information content (AvgIpc) is 3.44. The van der Waals surface area contributed by atoms with Crippen LogP contribution in [0.15, 0.2) is 24.3 Å². The highest BCUT2D eigenvalue weighted by Crippen LogP contribution is 2.32. The van der Waals surface area contributed by atoms with Crippen LogP contribution in [0.25, 0.3) is 0 Å². The van der Waals surface area contributed by atoms with Crippen LogP contribution in [0.1, 0.15) is 25.3 Å². The molecule has 0 aromatic heterocycles. The van der Waals surface area contributed by atoms with Crippen LogP contribution in [0.3, 0.4) is 0 Å². The maximum atomic E-state index is 13.2. The minimum atomic E-state index is -0.873. The van der Waals surface area contributed by atoms with Gasteiger partial charge in [-0.15, -0.1) is 0 Å². The van der Waals surface area contributed by atoms with Crippen molar-refractivity contribution in [2.45, 2.75) is 44.4 Å². The Balaban J connectivity index is 1.80. The molecule has 7 heteroatoms. The summed E-state index contributed by atoms with van der Waals surface area (Å²) in [5.41, 5.74) is 6.63. The summed E-state index contributed by atoms with van der Waals surface area (Å²) in [6.07, 6.45) is 0.846. The summed E-state index contributed by atoms with van der Waals surface area (Å²) in [4.78, 5) is 24.2. The van der Waals surface area contributed by atoms with Crippen LogP contribution in [0, 0.1) is 17.7 Å². The third kappa shape index (κ3) is 4.80. The van der Waals surface area contributed by atoms with Crippen molar-refractivity contribution in [2.24, 2.45) is 17.6 Å². The van der Waals surface area contributed by atoms with Gasteiger partial charge in [0.1, 0.15) is 24.1 Å². The topological polar surface area (TPSA) is 87.8 Å². The molecule has 0 bridgehead atoms. The number of cyclic esters (lactones) is 1. The van der Waals surface area contributed by atoms with Crippen molar-refractivity contribution in [3.63, 3.8) is 0 Å². The lowest BCUT2D eigenvalue weighted by Gasteiger charge is -2.30. The monoisotopic (exact) mass is 365 g/mol. The summed E-state index contributed by atoms with van der Waals surface area (Å²) in [5.74, 6) is -1.47. The zero-order chi connectivity index (χ0) is 18.7. The number of carbonyl (C=O) groups excluding carboxylic acids is 2. The van der Waals surface area contributed by atoms with Crippen LogP contribution in [-0.4, -0.2) is 43.4 Å². The molecular formula is C19H24FNO5. The van der Waals surface area contributed by atoms with E-state index < -0.39 is 24.2 Å². The molecule has 26 heavy (non-hydrogen) atoms. The maximum absolute atomic E-state index is 13.2. The lowest BCUT2D eigenvalue weighted by molar-refractivity contribution is -0.172. The van der Waals surface area contributed by atoms with E-state index in [9.17, 15) is 14.0 Å². The zero-order valence-corrected chi connectivity index (χ0v) is 14.7. The van der Waals surface area contributed by atoms with Crippen molar-refractivity contribution in [3.05, 3.63) is 35.6 Å². The second-order valence-electron chi connectivity index (χ2n) is 7.05. The first-order valence-electron chi connectivity index (χ1n) is 8.93. The summed E-state index contributed by atoms with van der Waals surface area (Å²) >= 11 is 0. The van der Waals surface area contributed by atoms with Gasteiger partial charge in [-0.2, -0.15) is 0 Å². The Morgan fingerprint density at radius 3 is 2.62 bits per heavy atom. The van der Waals surface area contributed by atoms with Crippen LogP contribution in [-0.2, 0) is 30.2 Å². The predicted octanol–water partition coefficient (Wildman–Crippen LogP) is 1.60. The molecule has 4 atom stereocenters. The number of hydrogen-bond acceptors (Lipinski definition) is 6. The van der Waals surface area contributed by atoms with E-state index in [1.807, 2.05) is 0 Å². The van der Waals surface area contributed by atoms with Gasteiger partial charge in [-0.25, -0.2) is 4.39 Å². The second kappa shape index (κ2) is 8.14. The molecule has 1 aromatic carbocycles. The molecule has 1 aromatic rings. The lowest BCUT2D eigenvalue weighted by atomic mass is 9.91. The molecule has 0 spiro atoms. The number of halogens is 1. The fourth-order valence-electron chi connectivity index (χ4n) is 3.07. The first kappa shape index (κ1) is 18.8. The first-order chi connectivity index (χ1) is 12.4. The van der Waals surface area contributed by atoms with Crippen LogP contribution >= 0.6 is 0 Å². The van der Waals surface area contributed by atoms with Crippen molar-refractivity contribution in [1.82, 2.24) is 0 Å². The van der Waals surface area contributed by atoms with Crippen molar-refractivity contribution in [2.75, 3.05) is 13.2 Å². The largest absolute Gasteiger partial charge is 0.458 e. The molecule has 1 saturated carbocycles. The quantitative estimate of drug-likeness (QED) is 0.816. The Morgan fingerprint density at radius 2 is 1.96 bits per heavy atom. The van der Waals surface area contributed by atoms with Gasteiger partial charge in [0.2, 0.25) is 0 Å². The van der Waals surface area contributed by atoms with Gasteiger partial charge in [0, 0.05) is 5.92 Å². The summed E-state index contributed by atoms with van der Waals surface area (Å²) in [5, 5.41) is 0. The third-order valence-corrected chi connectivity index (χ3v) is 4.74. The van der Waals surface area contributed by atoms with E-state index in [4.69, 9.17) is 19.9 Å². The normalized spacial score (nSPS) is 29.9. The summed E-state index contributed by atoms with van der Waals surface area (Å²) in [7, 11) is 0. The van der Waals surface area contributed by atoms with E-state index in [0.29, 0.717) is 6.42 Å². The number of nitrogens with two attached hydrogens (primary N) is 1. The summed E-state index contributed by atoms with van der Waals surface area (Å²) < 4.78 is 29.9. The van der Waals surface area contributed by atoms with Crippen LogP contribution in [0.5, 0.6) is 0 Å². The van der Waals surface area contributed by atoms with Crippen LogP contribution < -0.4 is 5.73 Å². The summed E-state index contributed by atoms with van der Waals surface area (Å²) in [6, 6.07) is 5.27. The molecule has 6 nitrogen and oxygen atoms in total. The maximum Gasteiger partial charge on any atom is 0.325 e. The van der Waals surface area contributed by atoms with Crippen molar-refractivity contribution in [3.8, 4) is 0 Å². The number of ether oxygens (including phenoxy) is 3. The van der Waals surface area contributed by atoms with Gasteiger partial charge in [-0.1, -0.05) is 12.1 Å². The SMILES string of the molecule is CC1OC(=O)C(N)COCC(Cc2ccc(F)cc2)C1OC(=O)C1CC1. The number of rotatable bonds is 4. The van der Waals surface area contributed by atoms with Gasteiger partial charge in [0.25, 0.3) is 0 Å². The third-order valence-electron chi connectivity index (χ3n) is 4.74. The molecule has 3 rings (SSSR count). The summed E-state index contributed by atoms with van der Waals surface area (Å²) in [6.45, 7) is 1.99. The molecule has 2 N–H and O–H groups in total. The van der Waals surface area contributed by atoms with Crippen molar-refractivity contribution in [1.29, 1.82) is 0 Å². The van der Waals surface area contributed by atoms with Crippen LogP contribution in [0.4, 0.5) is 4.39 Å². The lowest BCUT2D eigenvalue weighted by Crippen LogP contribution is -2.43. The van der Waals surface area contributed by atoms with Gasteiger partial charge in [0.15, 0.2) is 0 Å². The Morgan fingerprint density at radius 1 is 1.27 bits per heavy atom. The molecule has 142 valence electrons. The molecular weight excluding hydrogens is 341 g/mol. The van der Waals surface area contributed by atoms with Crippen molar-refractivity contribution >= 4 is 11.9 Å². The standard InChI is InChI=1S/C19H24FNO5/c1-11-17(26-18(22)13-4-5-13)14(8-12-2-6-15(20)7-3-12)9-24-10-16(21)19(23)25-11/h2-3,6-7,11,13-14,16-17H,4-5,8-10,21H2,1H3. The van der Waals surface area contributed by atoms with E-state index in [2.05, 4.69) is 0 Å². The Bertz CT molecular complexity index is 646. The Labute approximate surface area is 151 Å². The van der Waals surface area contributed by atoms with Gasteiger partial charge in [-0.05, 0) is 43.9 Å². The molecule has 1 aliphatic heterocycles. The molecule has 1 saturated heterocycles. The average molecular weight is 365 g/mol. The highest BCUT2D eigenvalue weighted by Gasteiger charge is 2.39. The number of benzene rings is 1. The van der Waals surface area contributed by atoms with Crippen LogP contribution in [0.2, 0.25) is 0 Å². The highest BCUT2D eigenvalue weighted by molar-refractivity contribution is 5.76. The van der Waals surface area contributed by atoms with Gasteiger partial charge in [0.05, 0.1) is 19.1 Å². The second-order valence-corrected chi connectivity index (χ2v) is 7.05. The van der Waals surface area contributed by atoms with E-state index >= 15 is 0 Å². The van der Waals surface area contributed by atoms with E-state index in [-0.39, 0.29) is 36.8 Å². The number of carbonyl (C=O) groups is 2. The molecule has 1 aliphatic carbocycles. The number of hydrogen-bond donors (Lipinski definition) is 1. The van der Waals surface area contributed by atoms with E-state index in [1.54, 1.807) is 19.1 Å². The molecule has 4 unspecified atom stereocenters. The van der Waals surface area contributed by atoms with Gasteiger partial charge >= 0.3 is 11.9 Å². The first-order valence-corrected chi connectivity index (χ1v) is 8.93. The smallest absolute Gasteiger partial charge is 0.325 e.